The fourth-order valence-electron chi connectivity index (χ4n) is 4.58. The van der Waals surface area contributed by atoms with Gasteiger partial charge < -0.3 is 14.6 Å². The van der Waals surface area contributed by atoms with Gasteiger partial charge in [-0.3, -0.25) is 4.79 Å². The minimum absolute atomic E-state index is 0.0517. The van der Waals surface area contributed by atoms with Crippen molar-refractivity contribution < 1.29 is 9.64 Å². The Morgan fingerprint density at radius 3 is 2.65 bits per heavy atom. The first-order valence-corrected chi connectivity index (χ1v) is 9.80. The normalized spacial score (nSPS) is 19.0. The highest BCUT2D eigenvalue weighted by atomic mass is 16.5. The van der Waals surface area contributed by atoms with Crippen molar-refractivity contribution in [1.29, 1.82) is 0 Å². The lowest BCUT2D eigenvalue weighted by Crippen LogP contribution is -3.12. The first-order chi connectivity index (χ1) is 12.7. The fraction of sp³-hybridized carbons (Fsp3) is 0.524. The zero-order chi connectivity index (χ0) is 18.1. The van der Waals surface area contributed by atoms with Crippen molar-refractivity contribution in [2.24, 2.45) is 0 Å². The molecule has 0 saturated carbocycles. The van der Waals surface area contributed by atoms with Crippen molar-refractivity contribution in [3.8, 4) is 11.3 Å². The predicted molar refractivity (Wildman–Crippen MR) is 101 cm³/mol. The van der Waals surface area contributed by atoms with Crippen molar-refractivity contribution in [2.45, 2.75) is 45.1 Å². The molecule has 26 heavy (non-hydrogen) atoms. The molecule has 2 N–H and O–H groups in total. The highest BCUT2D eigenvalue weighted by Crippen LogP contribution is 2.44. The highest BCUT2D eigenvalue weighted by Gasteiger charge is 2.39. The van der Waals surface area contributed by atoms with Crippen molar-refractivity contribution in [2.75, 3.05) is 26.3 Å². The topological polar surface area (TPSA) is 59.4 Å². The van der Waals surface area contributed by atoms with Crippen LogP contribution in [0.2, 0.25) is 0 Å². The summed E-state index contributed by atoms with van der Waals surface area (Å²) < 4.78 is 5.44. The van der Waals surface area contributed by atoms with E-state index in [1.165, 1.54) is 10.5 Å². The van der Waals surface area contributed by atoms with Crippen LogP contribution in [-0.2, 0) is 23.1 Å². The largest absolute Gasteiger partial charge is 0.370 e. The van der Waals surface area contributed by atoms with Crippen LogP contribution < -0.4 is 10.5 Å². The Hall–Kier alpha value is -1.98. The van der Waals surface area contributed by atoms with Gasteiger partial charge in [0.2, 0.25) is 0 Å². The van der Waals surface area contributed by atoms with Gasteiger partial charge in [0.15, 0.2) is 5.82 Å². The van der Waals surface area contributed by atoms with Gasteiger partial charge in [-0.1, -0.05) is 38.1 Å². The molecule has 1 aromatic carbocycles. The molecule has 0 atom stereocenters. The number of benzene rings is 1. The Balaban J connectivity index is 1.83. The molecule has 2 aromatic rings. The zero-order valence-corrected chi connectivity index (χ0v) is 15.7. The minimum Gasteiger partial charge on any atom is -0.370 e. The number of rotatable bonds is 4. The van der Waals surface area contributed by atoms with Crippen molar-refractivity contribution >= 4 is 0 Å². The summed E-state index contributed by atoms with van der Waals surface area (Å²) in [6.07, 6.45) is 2.81. The van der Waals surface area contributed by atoms with Gasteiger partial charge in [0.05, 0.1) is 24.5 Å². The lowest BCUT2D eigenvalue weighted by molar-refractivity contribution is -0.922. The van der Waals surface area contributed by atoms with Gasteiger partial charge >= 0.3 is 0 Å². The molecule has 1 fully saturated rings. The first-order valence-electron chi connectivity index (χ1n) is 9.80. The second kappa shape index (κ2) is 6.97. The van der Waals surface area contributed by atoms with Crippen molar-refractivity contribution in [3.63, 3.8) is 0 Å². The maximum Gasteiger partial charge on any atom is 0.255 e. The minimum atomic E-state index is -0.116. The molecule has 5 heteroatoms. The summed E-state index contributed by atoms with van der Waals surface area (Å²) in [7, 11) is 0. The summed E-state index contributed by atoms with van der Waals surface area (Å²) in [6.45, 7) is 8.61. The van der Waals surface area contributed by atoms with Gasteiger partial charge in [0, 0.05) is 11.0 Å². The summed E-state index contributed by atoms with van der Waals surface area (Å²) >= 11 is 0. The molecular weight excluding hydrogens is 326 g/mol. The number of H-pyrrole nitrogens is 1. The number of nitrogens with one attached hydrogen (secondary N) is 2. The van der Waals surface area contributed by atoms with E-state index in [-0.39, 0.29) is 11.0 Å². The van der Waals surface area contributed by atoms with E-state index in [0.29, 0.717) is 0 Å². The maximum atomic E-state index is 13.1. The second-order valence-corrected chi connectivity index (χ2v) is 7.60. The summed E-state index contributed by atoms with van der Waals surface area (Å²) in [5, 5.41) is 0. The summed E-state index contributed by atoms with van der Waals surface area (Å²) in [6, 6.07) is 8.43. The molecule has 0 radical (unpaired) electrons. The van der Waals surface area contributed by atoms with Gasteiger partial charge in [-0.25, -0.2) is 4.98 Å². The molecule has 2 heterocycles. The van der Waals surface area contributed by atoms with Crippen molar-refractivity contribution in [3.05, 3.63) is 51.6 Å². The first kappa shape index (κ1) is 17.4. The van der Waals surface area contributed by atoms with Crippen molar-refractivity contribution in [1.82, 2.24) is 9.97 Å². The molecule has 0 bridgehead atoms. The molecule has 1 aliphatic carbocycles. The molecule has 1 saturated heterocycles. The van der Waals surface area contributed by atoms with E-state index >= 15 is 0 Å². The fourth-order valence-corrected chi connectivity index (χ4v) is 4.58. The van der Waals surface area contributed by atoms with E-state index in [1.54, 1.807) is 0 Å². The lowest BCUT2D eigenvalue weighted by Gasteiger charge is -2.37. The standard InChI is InChI=1S/C21H27N3O2/c1-3-21(4-2)13-15-7-5-6-8-16(15)19-18(21)20(25)23-17(22-19)14-24-9-11-26-12-10-24/h5-8H,3-4,9-14H2,1-2H3,(H,22,23,25)/p+1. The van der Waals surface area contributed by atoms with Crippen LogP contribution in [0.15, 0.2) is 29.1 Å². The van der Waals surface area contributed by atoms with Crippen LogP contribution in [0.5, 0.6) is 0 Å². The Morgan fingerprint density at radius 1 is 1.19 bits per heavy atom. The Morgan fingerprint density at radius 2 is 1.92 bits per heavy atom. The monoisotopic (exact) mass is 354 g/mol. The molecule has 5 nitrogen and oxygen atoms in total. The van der Waals surface area contributed by atoms with E-state index in [9.17, 15) is 4.79 Å². The van der Waals surface area contributed by atoms with Gasteiger partial charge in [-0.15, -0.1) is 0 Å². The molecular formula is C21H28N3O2+. The Kier molecular flexibility index (Phi) is 4.67. The third-order valence-corrected chi connectivity index (χ3v) is 6.27. The number of hydrogen-bond acceptors (Lipinski definition) is 3. The van der Waals surface area contributed by atoms with E-state index in [0.717, 1.165) is 74.8 Å². The molecule has 1 aliphatic heterocycles. The number of ether oxygens (including phenoxy) is 1. The van der Waals surface area contributed by atoms with Crippen LogP contribution in [0.4, 0.5) is 0 Å². The van der Waals surface area contributed by atoms with E-state index in [2.05, 4.69) is 37.0 Å². The third-order valence-electron chi connectivity index (χ3n) is 6.27. The molecule has 2 aliphatic rings. The van der Waals surface area contributed by atoms with Crippen LogP contribution in [0, 0.1) is 0 Å². The number of quaternary nitrogens is 1. The Labute approximate surface area is 154 Å². The smallest absolute Gasteiger partial charge is 0.255 e. The maximum absolute atomic E-state index is 13.1. The molecule has 0 unspecified atom stereocenters. The number of aromatic amines is 1. The SMILES string of the molecule is CCC1(CC)Cc2ccccc2-c2nc(C[NH+]3CCOCC3)[nH]c(=O)c21. The third kappa shape index (κ3) is 2.89. The van der Waals surface area contributed by atoms with Crippen LogP contribution in [0.1, 0.15) is 43.6 Å². The lowest BCUT2D eigenvalue weighted by atomic mass is 9.66. The molecule has 0 amide bonds. The van der Waals surface area contributed by atoms with Gasteiger partial charge in [-0.05, 0) is 24.8 Å². The predicted octanol–water partition coefficient (Wildman–Crippen LogP) is 1.47. The van der Waals surface area contributed by atoms with Gasteiger partial charge in [0.25, 0.3) is 5.56 Å². The van der Waals surface area contributed by atoms with Gasteiger partial charge in [-0.2, -0.15) is 0 Å². The molecule has 0 spiro atoms. The number of aromatic nitrogens is 2. The quantitative estimate of drug-likeness (QED) is 0.874. The average molecular weight is 354 g/mol. The second-order valence-electron chi connectivity index (χ2n) is 7.60. The number of fused-ring (bicyclic) bond motifs is 3. The van der Waals surface area contributed by atoms with E-state index in [1.807, 2.05) is 6.07 Å². The van der Waals surface area contributed by atoms with Gasteiger partial charge in [0.1, 0.15) is 19.6 Å². The number of morpholine rings is 1. The number of nitrogens with zero attached hydrogens (tertiary/aromatic N) is 1. The summed E-state index contributed by atoms with van der Waals surface area (Å²) in [5.41, 5.74) is 4.17. The van der Waals surface area contributed by atoms with Crippen LogP contribution in [-0.4, -0.2) is 36.3 Å². The molecule has 1 aromatic heterocycles. The van der Waals surface area contributed by atoms with Crippen LogP contribution in [0.25, 0.3) is 11.3 Å². The molecule has 4 rings (SSSR count). The summed E-state index contributed by atoms with van der Waals surface area (Å²) in [5.74, 6) is 0.795. The van der Waals surface area contributed by atoms with Crippen LogP contribution in [0.3, 0.4) is 0 Å². The average Bonchev–Trinajstić information content (AvgIpc) is 2.68. The Bertz CT molecular complexity index is 849. The van der Waals surface area contributed by atoms with Crippen LogP contribution >= 0.6 is 0 Å². The zero-order valence-electron chi connectivity index (χ0n) is 15.7. The summed E-state index contributed by atoms with van der Waals surface area (Å²) in [4.78, 5) is 22.6. The van der Waals surface area contributed by atoms with E-state index in [4.69, 9.17) is 9.72 Å². The molecule has 138 valence electrons. The van der Waals surface area contributed by atoms with E-state index < -0.39 is 0 Å². The number of hydrogen-bond donors (Lipinski definition) is 2. The highest BCUT2D eigenvalue weighted by molar-refractivity contribution is 5.71.